The van der Waals surface area contributed by atoms with Gasteiger partial charge in [0.25, 0.3) is 0 Å². The minimum absolute atomic E-state index is 0.0529. The smallest absolute Gasteiger partial charge is 0.223 e. The lowest BCUT2D eigenvalue weighted by molar-refractivity contribution is -0.126. The van der Waals surface area contributed by atoms with Gasteiger partial charge in [0, 0.05) is 25.7 Å². The molecule has 0 spiro atoms. The minimum Gasteiger partial charge on any atom is -0.385 e. The minimum atomic E-state index is -1.15. The van der Waals surface area contributed by atoms with Crippen LogP contribution in [0.4, 0.5) is 0 Å². The van der Waals surface area contributed by atoms with Crippen LogP contribution in [0.1, 0.15) is 25.8 Å². The van der Waals surface area contributed by atoms with E-state index in [1.54, 1.807) is 6.92 Å². The molecular formula is C17H26N2O3. The number of rotatable bonds is 6. The van der Waals surface area contributed by atoms with Crippen LogP contribution in [0.5, 0.6) is 0 Å². The van der Waals surface area contributed by atoms with E-state index in [4.69, 9.17) is 4.74 Å². The maximum atomic E-state index is 12.2. The van der Waals surface area contributed by atoms with Gasteiger partial charge in [0.15, 0.2) is 0 Å². The van der Waals surface area contributed by atoms with E-state index in [0.717, 1.165) is 38.4 Å². The number of carbonyl (C=O) groups excluding carboxylic acids is 1. The monoisotopic (exact) mass is 306 g/mol. The predicted molar refractivity (Wildman–Crippen MR) is 85.5 cm³/mol. The molecule has 1 aliphatic rings. The molecule has 2 unspecified atom stereocenters. The molecule has 22 heavy (non-hydrogen) atoms. The van der Waals surface area contributed by atoms with Crippen molar-refractivity contribution in [2.45, 2.75) is 31.9 Å². The molecule has 0 aromatic heterocycles. The molecule has 5 nitrogen and oxygen atoms in total. The van der Waals surface area contributed by atoms with Gasteiger partial charge in [0.05, 0.1) is 25.2 Å². The summed E-state index contributed by atoms with van der Waals surface area (Å²) < 4.78 is 5.32. The van der Waals surface area contributed by atoms with Crippen molar-refractivity contribution in [3.05, 3.63) is 35.9 Å². The highest BCUT2D eigenvalue weighted by Gasteiger charge is 2.27. The maximum absolute atomic E-state index is 12.2. The third kappa shape index (κ3) is 5.09. The van der Waals surface area contributed by atoms with Crippen LogP contribution in [0, 0.1) is 0 Å². The Morgan fingerprint density at radius 3 is 2.64 bits per heavy atom. The first-order valence-electron chi connectivity index (χ1n) is 7.85. The number of hydrogen-bond donors (Lipinski definition) is 2. The number of nitrogens with one attached hydrogen (secondary N) is 1. The molecule has 1 aromatic carbocycles. The van der Waals surface area contributed by atoms with Crippen molar-refractivity contribution in [1.29, 1.82) is 0 Å². The van der Waals surface area contributed by atoms with E-state index in [0.29, 0.717) is 0 Å². The standard InChI is InChI=1S/C17H26N2O3/c1-14(13-19-8-10-22-11-9-19)18-16(20)12-17(2,21)15-6-4-3-5-7-15/h3-7,14,21H,8-13H2,1-2H3,(H,18,20). The fourth-order valence-electron chi connectivity index (χ4n) is 2.75. The summed E-state index contributed by atoms with van der Waals surface area (Å²) in [5, 5.41) is 13.5. The van der Waals surface area contributed by atoms with Crippen LogP contribution >= 0.6 is 0 Å². The molecule has 0 saturated carbocycles. The molecule has 1 aliphatic heterocycles. The van der Waals surface area contributed by atoms with Gasteiger partial charge in [-0.2, -0.15) is 0 Å². The molecule has 0 radical (unpaired) electrons. The molecule has 1 heterocycles. The zero-order valence-corrected chi connectivity index (χ0v) is 13.4. The summed E-state index contributed by atoms with van der Waals surface area (Å²) in [4.78, 5) is 14.5. The van der Waals surface area contributed by atoms with Gasteiger partial charge in [-0.3, -0.25) is 9.69 Å². The Hall–Kier alpha value is -1.43. The molecule has 5 heteroatoms. The zero-order valence-electron chi connectivity index (χ0n) is 13.4. The zero-order chi connectivity index (χ0) is 16.0. The second-order valence-corrected chi connectivity index (χ2v) is 6.20. The van der Waals surface area contributed by atoms with Crippen molar-refractivity contribution in [3.63, 3.8) is 0 Å². The van der Waals surface area contributed by atoms with Crippen molar-refractivity contribution < 1.29 is 14.6 Å². The van der Waals surface area contributed by atoms with Gasteiger partial charge in [-0.15, -0.1) is 0 Å². The van der Waals surface area contributed by atoms with E-state index < -0.39 is 5.60 Å². The quantitative estimate of drug-likeness (QED) is 0.827. The van der Waals surface area contributed by atoms with E-state index >= 15 is 0 Å². The second-order valence-electron chi connectivity index (χ2n) is 6.20. The number of nitrogens with zero attached hydrogens (tertiary/aromatic N) is 1. The molecular weight excluding hydrogens is 280 g/mol. The molecule has 1 saturated heterocycles. The number of carbonyl (C=O) groups is 1. The van der Waals surface area contributed by atoms with Crippen LogP contribution in [0.15, 0.2) is 30.3 Å². The highest BCUT2D eigenvalue weighted by Crippen LogP contribution is 2.23. The topological polar surface area (TPSA) is 61.8 Å². The summed E-state index contributed by atoms with van der Waals surface area (Å²) in [7, 11) is 0. The van der Waals surface area contributed by atoms with Crippen LogP contribution < -0.4 is 5.32 Å². The Bertz CT molecular complexity index is 470. The van der Waals surface area contributed by atoms with Crippen LogP contribution in [-0.4, -0.2) is 54.8 Å². The molecule has 1 fully saturated rings. The number of amides is 1. The molecule has 2 rings (SSSR count). The van der Waals surface area contributed by atoms with E-state index in [2.05, 4.69) is 10.2 Å². The summed E-state index contributed by atoms with van der Waals surface area (Å²) in [5.74, 6) is -0.130. The third-order valence-electron chi connectivity index (χ3n) is 3.94. The molecule has 0 bridgehead atoms. The lowest BCUT2D eigenvalue weighted by atomic mass is 9.92. The van der Waals surface area contributed by atoms with E-state index in [-0.39, 0.29) is 18.4 Å². The SMILES string of the molecule is CC(CN1CCOCC1)NC(=O)CC(C)(O)c1ccccc1. The molecule has 1 aromatic rings. The van der Waals surface area contributed by atoms with Gasteiger partial charge in [0.1, 0.15) is 0 Å². The molecule has 2 N–H and O–H groups in total. The van der Waals surface area contributed by atoms with Crippen molar-refractivity contribution in [2.75, 3.05) is 32.8 Å². The first-order valence-corrected chi connectivity index (χ1v) is 7.85. The van der Waals surface area contributed by atoms with Gasteiger partial charge < -0.3 is 15.2 Å². The highest BCUT2D eigenvalue weighted by atomic mass is 16.5. The number of ether oxygens (including phenoxy) is 1. The normalized spacial score (nSPS) is 20.1. The van der Waals surface area contributed by atoms with Crippen LogP contribution in [0.2, 0.25) is 0 Å². The van der Waals surface area contributed by atoms with Crippen LogP contribution in [0.25, 0.3) is 0 Å². The Morgan fingerprint density at radius 1 is 1.36 bits per heavy atom. The Kier molecular flexibility index (Phi) is 5.94. The summed E-state index contributed by atoms with van der Waals surface area (Å²) in [6.07, 6.45) is 0.0600. The van der Waals surface area contributed by atoms with Gasteiger partial charge in [-0.05, 0) is 19.4 Å². The van der Waals surface area contributed by atoms with Gasteiger partial charge in [-0.25, -0.2) is 0 Å². The van der Waals surface area contributed by atoms with E-state index in [1.807, 2.05) is 37.3 Å². The summed E-state index contributed by atoms with van der Waals surface area (Å²) >= 11 is 0. The Balaban J connectivity index is 1.81. The van der Waals surface area contributed by atoms with Crippen molar-refractivity contribution in [3.8, 4) is 0 Å². The van der Waals surface area contributed by atoms with Crippen LogP contribution in [-0.2, 0) is 15.1 Å². The Labute approximate surface area is 132 Å². The number of aliphatic hydroxyl groups is 1. The number of morpholine rings is 1. The van der Waals surface area contributed by atoms with Crippen molar-refractivity contribution in [1.82, 2.24) is 10.2 Å². The molecule has 0 aliphatic carbocycles. The fraction of sp³-hybridized carbons (Fsp3) is 0.588. The summed E-state index contributed by atoms with van der Waals surface area (Å²) in [6, 6.07) is 9.35. The van der Waals surface area contributed by atoms with Crippen LogP contribution in [0.3, 0.4) is 0 Å². The van der Waals surface area contributed by atoms with E-state index in [9.17, 15) is 9.90 Å². The lowest BCUT2D eigenvalue weighted by Crippen LogP contribution is -2.46. The molecule has 122 valence electrons. The van der Waals surface area contributed by atoms with Gasteiger partial charge >= 0.3 is 0 Å². The van der Waals surface area contributed by atoms with Gasteiger partial charge in [0.2, 0.25) is 5.91 Å². The summed E-state index contributed by atoms with van der Waals surface area (Å²) in [5.41, 5.74) is -0.393. The van der Waals surface area contributed by atoms with E-state index in [1.165, 1.54) is 0 Å². The van der Waals surface area contributed by atoms with Crippen molar-refractivity contribution >= 4 is 5.91 Å². The Morgan fingerprint density at radius 2 is 2.00 bits per heavy atom. The first kappa shape index (κ1) is 16.9. The number of benzene rings is 1. The maximum Gasteiger partial charge on any atom is 0.223 e. The van der Waals surface area contributed by atoms with Gasteiger partial charge in [-0.1, -0.05) is 30.3 Å². The highest BCUT2D eigenvalue weighted by molar-refractivity contribution is 5.77. The fourth-order valence-corrected chi connectivity index (χ4v) is 2.75. The molecule has 2 atom stereocenters. The van der Waals surface area contributed by atoms with Crippen molar-refractivity contribution in [2.24, 2.45) is 0 Å². The molecule has 1 amide bonds. The lowest BCUT2D eigenvalue weighted by Gasteiger charge is -2.30. The third-order valence-corrected chi connectivity index (χ3v) is 3.94. The summed E-state index contributed by atoms with van der Waals surface area (Å²) in [6.45, 7) is 7.79. The average molecular weight is 306 g/mol. The average Bonchev–Trinajstić information content (AvgIpc) is 2.48. The predicted octanol–water partition coefficient (Wildman–Crippen LogP) is 1.12. The first-order chi connectivity index (χ1) is 10.5. The number of hydrogen-bond acceptors (Lipinski definition) is 4. The second kappa shape index (κ2) is 7.72. The largest absolute Gasteiger partial charge is 0.385 e.